The molecule has 0 N–H and O–H groups in total. The van der Waals surface area contributed by atoms with Crippen LogP contribution < -0.4 is 4.90 Å². The Bertz CT molecular complexity index is 724. The zero-order valence-electron chi connectivity index (χ0n) is 15.3. The van der Waals surface area contributed by atoms with E-state index in [1.807, 2.05) is 35.0 Å². The molecule has 0 aliphatic carbocycles. The molecular weight excluding hydrogens is 344 g/mol. The van der Waals surface area contributed by atoms with Gasteiger partial charge >= 0.3 is 6.09 Å². The molecule has 2 bridgehead atoms. The smallest absolute Gasteiger partial charge is 0.415 e. The average Bonchev–Trinajstić information content (AvgIpc) is 3.22. The van der Waals surface area contributed by atoms with Crippen molar-refractivity contribution >= 4 is 23.1 Å². The zero-order chi connectivity index (χ0) is 18.0. The summed E-state index contributed by atoms with van der Waals surface area (Å²) in [6.07, 6.45) is 2.22. The molecule has 5 heteroatoms. The van der Waals surface area contributed by atoms with E-state index in [0.717, 1.165) is 28.8 Å². The van der Waals surface area contributed by atoms with Crippen molar-refractivity contribution in [1.82, 2.24) is 0 Å². The summed E-state index contributed by atoms with van der Waals surface area (Å²) in [5, 5.41) is 4.02. The summed E-state index contributed by atoms with van der Waals surface area (Å²) in [5.41, 5.74) is 2.03. The van der Waals surface area contributed by atoms with Gasteiger partial charge in [0.2, 0.25) is 0 Å². The molecule has 3 saturated heterocycles. The maximum Gasteiger partial charge on any atom is 0.415 e. The molecule has 138 valence electrons. The predicted molar refractivity (Wildman–Crippen MR) is 105 cm³/mol. The highest BCUT2D eigenvalue weighted by Crippen LogP contribution is 2.36. The van der Waals surface area contributed by atoms with Gasteiger partial charge in [0, 0.05) is 24.1 Å². The van der Waals surface area contributed by atoms with E-state index in [4.69, 9.17) is 4.74 Å². The van der Waals surface area contributed by atoms with Gasteiger partial charge in [-0.05, 0) is 23.9 Å². The average molecular weight is 372 g/mol. The number of carbonyl (C=O) groups excluding carboxylic acids is 1. The lowest BCUT2D eigenvalue weighted by Gasteiger charge is -2.51. The van der Waals surface area contributed by atoms with Crippen molar-refractivity contribution in [2.24, 2.45) is 5.92 Å². The summed E-state index contributed by atoms with van der Waals surface area (Å²) in [6, 6.07) is 12.1. The summed E-state index contributed by atoms with van der Waals surface area (Å²) in [7, 11) is 0. The minimum absolute atomic E-state index is 0.0573. The highest BCUT2D eigenvalue weighted by atomic mass is 32.1. The fraction of sp³-hybridized carbons (Fsp3) is 0.476. The predicted octanol–water partition coefficient (Wildman–Crippen LogP) is 4.52. The van der Waals surface area contributed by atoms with Gasteiger partial charge in [0.05, 0.1) is 31.9 Å². The van der Waals surface area contributed by atoms with Gasteiger partial charge in [0.1, 0.15) is 6.54 Å². The molecule has 1 aromatic heterocycles. The zero-order valence-corrected chi connectivity index (χ0v) is 16.2. The molecule has 3 aliphatic rings. The second kappa shape index (κ2) is 7.41. The summed E-state index contributed by atoms with van der Waals surface area (Å²) in [5.74, 6) is 0.534. The number of benzene rings is 1. The van der Waals surface area contributed by atoms with Gasteiger partial charge in [-0.25, -0.2) is 4.79 Å². The lowest BCUT2D eigenvalue weighted by atomic mass is 9.83. The summed E-state index contributed by atoms with van der Waals surface area (Å²) in [6.45, 7) is 7.41. The number of amides is 1. The number of hydrogen-bond donors (Lipinski definition) is 0. The molecule has 1 amide bonds. The van der Waals surface area contributed by atoms with Gasteiger partial charge in [-0.3, -0.25) is 4.90 Å². The van der Waals surface area contributed by atoms with Crippen LogP contribution in [0.2, 0.25) is 0 Å². The third-order valence-electron chi connectivity index (χ3n) is 6.19. The normalized spacial score (nSPS) is 27.3. The number of carbonyl (C=O) groups is 1. The molecule has 4 nitrogen and oxygen atoms in total. The largest absolute Gasteiger partial charge is 0.440 e. The molecule has 3 aliphatic heterocycles. The van der Waals surface area contributed by atoms with E-state index in [2.05, 4.69) is 19.1 Å². The number of fused-ring (bicyclic) bond motifs is 3. The molecular formula is C21H27N2O2S+. The van der Waals surface area contributed by atoms with Crippen molar-refractivity contribution in [2.75, 3.05) is 31.1 Å². The molecule has 0 spiro atoms. The molecule has 5 rings (SSSR count). The molecule has 0 radical (unpaired) electrons. The second-order valence-electron chi connectivity index (χ2n) is 7.60. The second-order valence-corrected chi connectivity index (χ2v) is 8.38. The molecule has 2 aromatic rings. The van der Waals surface area contributed by atoms with Gasteiger partial charge in [-0.2, -0.15) is 11.3 Å². The lowest BCUT2D eigenvalue weighted by molar-refractivity contribution is -0.944. The number of hydrogen-bond acceptors (Lipinski definition) is 3. The van der Waals surface area contributed by atoms with E-state index in [-0.39, 0.29) is 12.2 Å². The minimum Gasteiger partial charge on any atom is -0.440 e. The first-order valence-corrected chi connectivity index (χ1v) is 10.5. The fourth-order valence-electron chi connectivity index (χ4n) is 4.43. The van der Waals surface area contributed by atoms with E-state index < -0.39 is 0 Å². The van der Waals surface area contributed by atoms with Crippen molar-refractivity contribution in [3.8, 4) is 0 Å². The molecule has 1 aromatic carbocycles. The van der Waals surface area contributed by atoms with Crippen LogP contribution in [-0.4, -0.2) is 42.9 Å². The van der Waals surface area contributed by atoms with Gasteiger partial charge in [-0.1, -0.05) is 30.3 Å². The van der Waals surface area contributed by atoms with E-state index in [1.54, 1.807) is 16.2 Å². The van der Waals surface area contributed by atoms with Gasteiger partial charge in [0.15, 0.2) is 6.10 Å². The Kier molecular flexibility index (Phi) is 5.00. The van der Waals surface area contributed by atoms with Crippen LogP contribution in [0, 0.1) is 5.92 Å². The number of piperidine rings is 3. The standard InChI is InChI=1S/C21H27N2O2S/c1-2-23-11-8-18(9-12-23)20(15-23)25-21(24)22(19-10-13-26-16-19)14-17-6-4-3-5-7-17/h3-7,10,13,16,18,20H,2,8-9,11-12,14-15H2,1H3/q+1/t18?,20-,23?/m0/s1. The minimum atomic E-state index is -0.208. The Balaban J connectivity index is 1.50. The van der Waals surface area contributed by atoms with Crippen LogP contribution in [0.1, 0.15) is 25.3 Å². The first-order valence-electron chi connectivity index (χ1n) is 9.58. The Morgan fingerprint density at radius 1 is 1.23 bits per heavy atom. The third-order valence-corrected chi connectivity index (χ3v) is 6.86. The topological polar surface area (TPSA) is 29.5 Å². The maximum atomic E-state index is 13.1. The van der Waals surface area contributed by atoms with Crippen molar-refractivity contribution in [2.45, 2.75) is 32.4 Å². The van der Waals surface area contributed by atoms with Crippen LogP contribution in [0.4, 0.5) is 10.5 Å². The molecule has 0 unspecified atom stereocenters. The number of quaternary nitrogens is 1. The monoisotopic (exact) mass is 371 g/mol. The van der Waals surface area contributed by atoms with Crippen LogP contribution >= 0.6 is 11.3 Å². The van der Waals surface area contributed by atoms with Crippen LogP contribution in [0.15, 0.2) is 47.2 Å². The van der Waals surface area contributed by atoms with Crippen molar-refractivity contribution < 1.29 is 14.0 Å². The number of thiophene rings is 1. The van der Waals surface area contributed by atoms with Gasteiger partial charge < -0.3 is 9.22 Å². The maximum absolute atomic E-state index is 13.1. The number of anilines is 1. The number of ether oxygens (including phenoxy) is 1. The molecule has 4 heterocycles. The highest BCUT2D eigenvalue weighted by Gasteiger charge is 2.47. The first-order chi connectivity index (χ1) is 12.7. The quantitative estimate of drug-likeness (QED) is 0.723. The van der Waals surface area contributed by atoms with Crippen LogP contribution in [0.25, 0.3) is 0 Å². The molecule has 3 fully saturated rings. The van der Waals surface area contributed by atoms with Crippen LogP contribution in [0.3, 0.4) is 0 Å². The third kappa shape index (κ3) is 3.51. The van der Waals surface area contributed by atoms with E-state index in [0.29, 0.717) is 12.5 Å². The van der Waals surface area contributed by atoms with E-state index in [1.165, 1.54) is 25.9 Å². The van der Waals surface area contributed by atoms with E-state index in [9.17, 15) is 4.79 Å². The van der Waals surface area contributed by atoms with Crippen molar-refractivity contribution in [3.05, 3.63) is 52.7 Å². The van der Waals surface area contributed by atoms with Crippen molar-refractivity contribution in [3.63, 3.8) is 0 Å². The Hall–Kier alpha value is -1.85. The van der Waals surface area contributed by atoms with Gasteiger partial charge in [-0.15, -0.1) is 0 Å². The SMILES string of the molecule is CC[N+]12CCC(CC1)[C@@H](OC(=O)N(Cc1ccccc1)c1ccsc1)C2. The van der Waals surface area contributed by atoms with Crippen LogP contribution in [-0.2, 0) is 11.3 Å². The summed E-state index contributed by atoms with van der Waals surface area (Å²) < 4.78 is 7.20. The summed E-state index contributed by atoms with van der Waals surface area (Å²) in [4.78, 5) is 14.9. The van der Waals surface area contributed by atoms with E-state index >= 15 is 0 Å². The fourth-order valence-corrected chi connectivity index (χ4v) is 5.07. The number of rotatable bonds is 5. The lowest BCUT2D eigenvalue weighted by Crippen LogP contribution is -2.64. The summed E-state index contributed by atoms with van der Waals surface area (Å²) >= 11 is 1.60. The van der Waals surface area contributed by atoms with Crippen LogP contribution in [0.5, 0.6) is 0 Å². The first kappa shape index (κ1) is 17.6. The Morgan fingerprint density at radius 3 is 2.65 bits per heavy atom. The highest BCUT2D eigenvalue weighted by molar-refractivity contribution is 7.08. The molecule has 1 atom stereocenters. The number of nitrogens with zero attached hydrogens (tertiary/aromatic N) is 2. The number of likely N-dealkylation sites (N-methyl/N-ethyl adjacent to an activating group) is 1. The Morgan fingerprint density at radius 2 is 2.00 bits per heavy atom. The Labute approximate surface area is 159 Å². The van der Waals surface area contributed by atoms with Gasteiger partial charge in [0.25, 0.3) is 0 Å². The van der Waals surface area contributed by atoms with Crippen molar-refractivity contribution in [1.29, 1.82) is 0 Å². The molecule has 26 heavy (non-hydrogen) atoms. The molecule has 0 saturated carbocycles.